The molecule has 0 spiro atoms. The zero-order valence-electron chi connectivity index (χ0n) is 19.6. The molecule has 2 atom stereocenters. The predicted octanol–water partition coefficient (Wildman–Crippen LogP) is 4.07. The Kier molecular flexibility index (Phi) is 7.22. The number of anilines is 1. The quantitative estimate of drug-likeness (QED) is 0.301. The Bertz CT molecular complexity index is 1310. The molecule has 2 amide bonds. The van der Waals surface area contributed by atoms with Gasteiger partial charge in [0, 0.05) is 41.8 Å². The van der Waals surface area contributed by atoms with Crippen LogP contribution in [0.2, 0.25) is 0 Å². The van der Waals surface area contributed by atoms with Crippen LogP contribution < -0.4 is 16.4 Å². The standard InChI is InChI=1S/C24H28F3N7O2/c1-13-6-7-29-11-19(33-18-5-3-2-4-15(18)23(36)32-12-24(25,26)27)34-20(13)17-10-31-22-16(17)8-14(9-30-22)21(28)35/h6-11,15,18,29,33-34H,2-5,12H2,1H3,(H2,28,35)(H,30,31)(H,32,36). The van der Waals surface area contributed by atoms with E-state index in [1.54, 1.807) is 24.7 Å². The molecule has 2 unspecified atom stereocenters. The fourth-order valence-corrected chi connectivity index (χ4v) is 4.50. The van der Waals surface area contributed by atoms with Crippen molar-refractivity contribution in [2.75, 3.05) is 11.9 Å². The van der Waals surface area contributed by atoms with Gasteiger partial charge in [-0.05, 0) is 37.5 Å². The summed E-state index contributed by atoms with van der Waals surface area (Å²) < 4.78 is 37.9. The maximum Gasteiger partial charge on any atom is 0.405 e. The molecule has 36 heavy (non-hydrogen) atoms. The van der Waals surface area contributed by atoms with Crippen LogP contribution in [-0.2, 0) is 4.79 Å². The number of fused-ring (bicyclic) bond motifs is 1. The van der Waals surface area contributed by atoms with Crippen molar-refractivity contribution in [1.29, 1.82) is 0 Å². The van der Waals surface area contributed by atoms with E-state index in [4.69, 9.17) is 5.73 Å². The van der Waals surface area contributed by atoms with Crippen molar-refractivity contribution in [3.63, 3.8) is 0 Å². The molecule has 4 rings (SSSR count). The molecule has 12 heteroatoms. The number of amides is 2. The Balaban J connectivity index is 1.68. The van der Waals surface area contributed by atoms with Crippen LogP contribution in [0.15, 0.2) is 36.9 Å². The van der Waals surface area contributed by atoms with Crippen molar-refractivity contribution in [3.05, 3.63) is 48.0 Å². The van der Waals surface area contributed by atoms with Crippen molar-refractivity contribution >= 4 is 28.7 Å². The Morgan fingerprint density at radius 1 is 1.22 bits per heavy atom. The lowest BCUT2D eigenvalue weighted by atomic mass is 9.84. The highest BCUT2D eigenvalue weighted by Crippen LogP contribution is 2.31. The fraction of sp³-hybridized carbons (Fsp3) is 0.375. The maximum atomic E-state index is 12.6. The first kappa shape index (κ1) is 25.1. The molecule has 192 valence electrons. The predicted molar refractivity (Wildman–Crippen MR) is 130 cm³/mol. The third kappa shape index (κ3) is 5.81. The highest BCUT2D eigenvalue weighted by molar-refractivity contribution is 6.00. The summed E-state index contributed by atoms with van der Waals surface area (Å²) in [6.45, 7) is 0.554. The van der Waals surface area contributed by atoms with Crippen LogP contribution in [0.4, 0.5) is 19.0 Å². The van der Waals surface area contributed by atoms with Gasteiger partial charge in [-0.2, -0.15) is 13.2 Å². The molecule has 1 aliphatic carbocycles. The van der Waals surface area contributed by atoms with Gasteiger partial charge in [-0.3, -0.25) is 9.59 Å². The SMILES string of the molecule is Cc1cc[nH]cc(NC2CCCCC2C(=O)NCC(F)(F)F)[nH]c1-c1c[nH]c2ncc(C(N)=O)cc12. The van der Waals surface area contributed by atoms with E-state index in [0.717, 1.165) is 29.7 Å². The first-order valence-corrected chi connectivity index (χ1v) is 11.6. The van der Waals surface area contributed by atoms with Gasteiger partial charge in [0.25, 0.3) is 0 Å². The van der Waals surface area contributed by atoms with Crippen molar-refractivity contribution in [2.45, 2.75) is 44.8 Å². The van der Waals surface area contributed by atoms with Gasteiger partial charge in [-0.1, -0.05) is 12.8 Å². The van der Waals surface area contributed by atoms with E-state index in [9.17, 15) is 22.8 Å². The molecule has 0 aromatic carbocycles. The molecule has 1 aliphatic rings. The number of H-pyrrole nitrogens is 3. The molecule has 3 aromatic heterocycles. The first-order valence-electron chi connectivity index (χ1n) is 11.6. The number of hydrogen-bond donors (Lipinski definition) is 6. The summed E-state index contributed by atoms with van der Waals surface area (Å²) in [4.78, 5) is 38.0. The van der Waals surface area contributed by atoms with Gasteiger partial charge < -0.3 is 31.3 Å². The maximum absolute atomic E-state index is 12.6. The van der Waals surface area contributed by atoms with Gasteiger partial charge in [0.15, 0.2) is 0 Å². The summed E-state index contributed by atoms with van der Waals surface area (Å²) in [5, 5.41) is 6.04. The van der Waals surface area contributed by atoms with Crippen LogP contribution >= 0.6 is 0 Å². The molecule has 3 aromatic rings. The van der Waals surface area contributed by atoms with Crippen LogP contribution in [0, 0.1) is 12.8 Å². The topological polar surface area (TPSA) is 144 Å². The second kappa shape index (κ2) is 10.3. The smallest absolute Gasteiger partial charge is 0.367 e. The van der Waals surface area contributed by atoms with Crippen LogP contribution in [0.1, 0.15) is 41.6 Å². The minimum absolute atomic E-state index is 0.272. The Morgan fingerprint density at radius 3 is 2.75 bits per heavy atom. The van der Waals surface area contributed by atoms with Gasteiger partial charge in [0.05, 0.1) is 17.2 Å². The van der Waals surface area contributed by atoms with Crippen molar-refractivity contribution in [1.82, 2.24) is 25.3 Å². The van der Waals surface area contributed by atoms with E-state index in [1.165, 1.54) is 6.20 Å². The number of nitrogens with two attached hydrogens (primary N) is 1. The number of nitrogens with one attached hydrogen (secondary N) is 5. The number of halogens is 3. The van der Waals surface area contributed by atoms with Crippen LogP contribution in [-0.4, -0.2) is 50.5 Å². The van der Waals surface area contributed by atoms with Gasteiger partial charge in [0.2, 0.25) is 11.8 Å². The zero-order chi connectivity index (χ0) is 25.9. The number of hydrogen-bond acceptors (Lipinski definition) is 4. The third-order valence-corrected chi connectivity index (χ3v) is 6.30. The summed E-state index contributed by atoms with van der Waals surface area (Å²) in [5.74, 6) is -1.26. The van der Waals surface area contributed by atoms with Crippen LogP contribution in [0.25, 0.3) is 22.3 Å². The summed E-state index contributed by atoms with van der Waals surface area (Å²) in [6, 6.07) is 3.18. The van der Waals surface area contributed by atoms with Crippen LogP contribution in [0.5, 0.6) is 0 Å². The average molecular weight is 504 g/mol. The molecule has 1 fully saturated rings. The number of carbonyl (C=O) groups is 2. The highest BCUT2D eigenvalue weighted by Gasteiger charge is 2.34. The number of alkyl halides is 3. The molecule has 0 radical (unpaired) electrons. The second-order valence-electron chi connectivity index (χ2n) is 8.90. The van der Waals surface area contributed by atoms with E-state index in [1.807, 2.05) is 18.3 Å². The normalized spacial score (nSPS) is 18.0. The minimum Gasteiger partial charge on any atom is -0.367 e. The molecular formula is C24H28F3N7O2. The molecular weight excluding hydrogens is 475 g/mol. The molecule has 0 saturated heterocycles. The number of carbonyl (C=O) groups excluding carboxylic acids is 2. The minimum atomic E-state index is -4.47. The largest absolute Gasteiger partial charge is 0.405 e. The van der Waals surface area contributed by atoms with E-state index in [-0.39, 0.29) is 11.6 Å². The lowest BCUT2D eigenvalue weighted by Gasteiger charge is -2.32. The molecule has 3 heterocycles. The van der Waals surface area contributed by atoms with Crippen molar-refractivity contribution in [3.8, 4) is 11.3 Å². The monoisotopic (exact) mass is 503 g/mol. The summed E-state index contributed by atoms with van der Waals surface area (Å²) in [6.07, 6.45) is 4.89. The Hall–Kier alpha value is -3.96. The number of rotatable bonds is 6. The molecule has 0 bridgehead atoms. The average Bonchev–Trinajstić information content (AvgIpc) is 3.24. The number of nitrogens with zero attached hydrogens (tertiary/aromatic N) is 1. The van der Waals surface area contributed by atoms with Crippen LogP contribution in [0.3, 0.4) is 0 Å². The Morgan fingerprint density at radius 2 is 2.00 bits per heavy atom. The van der Waals surface area contributed by atoms with Gasteiger partial charge in [-0.15, -0.1) is 0 Å². The van der Waals surface area contributed by atoms with Gasteiger partial charge in [-0.25, -0.2) is 4.98 Å². The second-order valence-corrected chi connectivity index (χ2v) is 8.90. The zero-order valence-corrected chi connectivity index (χ0v) is 19.6. The third-order valence-electron chi connectivity index (χ3n) is 6.30. The fourth-order valence-electron chi connectivity index (χ4n) is 4.50. The Labute approximate surface area is 204 Å². The first-order chi connectivity index (χ1) is 17.1. The lowest BCUT2D eigenvalue weighted by molar-refractivity contribution is -0.141. The number of aromatic nitrogens is 4. The summed E-state index contributed by atoms with van der Waals surface area (Å²) >= 11 is 0. The number of pyridine rings is 1. The van der Waals surface area contributed by atoms with E-state index >= 15 is 0 Å². The van der Waals surface area contributed by atoms with E-state index < -0.39 is 30.5 Å². The van der Waals surface area contributed by atoms with Gasteiger partial charge in [0.1, 0.15) is 18.0 Å². The van der Waals surface area contributed by atoms with Crippen molar-refractivity contribution in [2.24, 2.45) is 11.7 Å². The van der Waals surface area contributed by atoms with Gasteiger partial charge >= 0.3 is 6.18 Å². The van der Waals surface area contributed by atoms with E-state index in [0.29, 0.717) is 29.7 Å². The molecule has 0 aliphatic heterocycles. The number of primary amides is 1. The highest BCUT2D eigenvalue weighted by atomic mass is 19.4. The summed E-state index contributed by atoms with van der Waals surface area (Å²) in [5.41, 5.74) is 8.61. The number of aryl methyl sites for hydroxylation is 1. The van der Waals surface area contributed by atoms with E-state index in [2.05, 4.69) is 25.3 Å². The molecule has 1 saturated carbocycles. The van der Waals surface area contributed by atoms with Crippen molar-refractivity contribution < 1.29 is 22.8 Å². The molecule has 7 N–H and O–H groups in total. The molecule has 9 nitrogen and oxygen atoms in total. The summed E-state index contributed by atoms with van der Waals surface area (Å²) in [7, 11) is 0. The number of aromatic amines is 3. The lowest BCUT2D eigenvalue weighted by Crippen LogP contribution is -2.45.